The summed E-state index contributed by atoms with van der Waals surface area (Å²) in [6.45, 7) is 2.96. The Morgan fingerprint density at radius 3 is 2.55 bits per heavy atom. The van der Waals surface area contributed by atoms with Gasteiger partial charge in [-0.15, -0.1) is 0 Å². The first-order chi connectivity index (χ1) is 10.2. The van der Waals surface area contributed by atoms with Crippen LogP contribution >= 0.6 is 0 Å². The largest absolute Gasteiger partial charge is 0.468 e. The number of carbonyl (C=O) groups is 1. The zero-order valence-electron chi connectivity index (χ0n) is 12.6. The number of carbonyl (C=O) groups excluding carboxylic acids is 1. The van der Waals surface area contributed by atoms with Gasteiger partial charge < -0.3 is 4.74 Å². The molecule has 0 N–H and O–H groups in total. The Kier molecular flexibility index (Phi) is 6.01. The Bertz CT molecular complexity index is 671. The van der Waals surface area contributed by atoms with Crippen molar-refractivity contribution in [2.75, 3.05) is 20.2 Å². The Hall–Kier alpha value is -2.00. The monoisotopic (exact) mass is 330 g/mol. The molecule has 1 aromatic rings. The van der Waals surface area contributed by atoms with Crippen molar-refractivity contribution in [1.29, 1.82) is 0 Å². The molecule has 1 aromatic carbocycles. The van der Waals surface area contributed by atoms with E-state index in [4.69, 9.17) is 0 Å². The molecule has 0 amide bonds. The maximum absolute atomic E-state index is 12.6. The SMILES string of the molecule is CCCN(CC(=O)OC)S(=O)(=O)c1ccc(C)c([N+](=O)[O-])c1. The quantitative estimate of drug-likeness (QED) is 0.426. The van der Waals surface area contributed by atoms with Crippen molar-refractivity contribution in [3.05, 3.63) is 33.9 Å². The summed E-state index contributed by atoms with van der Waals surface area (Å²) in [5.41, 5.74) is 0.0783. The van der Waals surface area contributed by atoms with E-state index in [1.54, 1.807) is 6.92 Å². The van der Waals surface area contributed by atoms with E-state index in [1.165, 1.54) is 19.1 Å². The average Bonchev–Trinajstić information content (AvgIpc) is 2.46. The third kappa shape index (κ3) is 4.01. The molecule has 8 nitrogen and oxygen atoms in total. The lowest BCUT2D eigenvalue weighted by atomic mass is 10.2. The number of benzene rings is 1. The fraction of sp³-hybridized carbons (Fsp3) is 0.462. The molecule has 0 spiro atoms. The van der Waals surface area contributed by atoms with Gasteiger partial charge in [0.1, 0.15) is 6.54 Å². The van der Waals surface area contributed by atoms with E-state index in [0.717, 1.165) is 17.5 Å². The Morgan fingerprint density at radius 2 is 2.05 bits per heavy atom. The minimum atomic E-state index is -4.01. The molecular formula is C13H18N2O6S. The van der Waals surface area contributed by atoms with Gasteiger partial charge in [-0.3, -0.25) is 14.9 Å². The van der Waals surface area contributed by atoms with Crippen LogP contribution in [0.15, 0.2) is 23.1 Å². The van der Waals surface area contributed by atoms with Gasteiger partial charge in [0.2, 0.25) is 10.0 Å². The Labute approximate surface area is 128 Å². The van der Waals surface area contributed by atoms with Gasteiger partial charge >= 0.3 is 5.97 Å². The third-order valence-electron chi connectivity index (χ3n) is 3.02. The number of methoxy groups -OCH3 is 1. The minimum absolute atomic E-state index is 0.110. The van der Waals surface area contributed by atoms with Gasteiger partial charge in [-0.1, -0.05) is 13.0 Å². The summed E-state index contributed by atoms with van der Waals surface area (Å²) in [5, 5.41) is 10.9. The van der Waals surface area contributed by atoms with Gasteiger partial charge in [0.15, 0.2) is 0 Å². The number of hydrogen-bond acceptors (Lipinski definition) is 6. The zero-order chi connectivity index (χ0) is 16.9. The highest BCUT2D eigenvalue weighted by molar-refractivity contribution is 7.89. The zero-order valence-corrected chi connectivity index (χ0v) is 13.4. The third-order valence-corrected chi connectivity index (χ3v) is 4.86. The maximum Gasteiger partial charge on any atom is 0.321 e. The van der Waals surface area contributed by atoms with Crippen molar-refractivity contribution in [2.24, 2.45) is 0 Å². The molecule has 22 heavy (non-hydrogen) atoms. The standard InChI is InChI=1S/C13H18N2O6S/c1-4-7-14(9-13(16)21-3)22(19,20)11-6-5-10(2)12(8-11)15(17)18/h5-6,8H,4,7,9H2,1-3H3. The summed E-state index contributed by atoms with van der Waals surface area (Å²) in [6, 6.07) is 3.66. The first kappa shape index (κ1) is 18.1. The van der Waals surface area contributed by atoms with E-state index in [2.05, 4.69) is 4.74 Å². The van der Waals surface area contributed by atoms with Crippen LogP contribution in [0, 0.1) is 17.0 Å². The number of sulfonamides is 1. The van der Waals surface area contributed by atoms with Gasteiger partial charge in [0.05, 0.1) is 16.9 Å². The van der Waals surface area contributed by atoms with E-state index < -0.39 is 27.5 Å². The Morgan fingerprint density at radius 1 is 1.41 bits per heavy atom. The van der Waals surface area contributed by atoms with Crippen molar-refractivity contribution in [1.82, 2.24) is 4.31 Å². The van der Waals surface area contributed by atoms with Crippen LogP contribution in [-0.2, 0) is 19.6 Å². The fourth-order valence-electron chi connectivity index (χ4n) is 1.84. The van der Waals surface area contributed by atoms with Crippen LogP contribution in [0.5, 0.6) is 0 Å². The van der Waals surface area contributed by atoms with Crippen LogP contribution in [-0.4, -0.2) is 43.8 Å². The summed E-state index contributed by atoms with van der Waals surface area (Å²) in [4.78, 5) is 21.5. The molecule has 0 fully saturated rings. The predicted octanol–water partition coefficient (Wildman–Crippen LogP) is 1.48. The molecule has 0 aromatic heterocycles. The second kappa shape index (κ2) is 7.32. The molecule has 0 unspecified atom stereocenters. The lowest BCUT2D eigenvalue weighted by Gasteiger charge is -2.20. The maximum atomic E-state index is 12.6. The Balaban J connectivity index is 3.27. The van der Waals surface area contributed by atoms with Crippen LogP contribution in [0.2, 0.25) is 0 Å². The van der Waals surface area contributed by atoms with Crippen LogP contribution in [0.3, 0.4) is 0 Å². The van der Waals surface area contributed by atoms with Crippen LogP contribution in [0.25, 0.3) is 0 Å². The molecule has 0 aliphatic heterocycles. The first-order valence-corrected chi connectivity index (χ1v) is 8.00. The molecule has 122 valence electrons. The fourth-order valence-corrected chi connectivity index (χ4v) is 3.33. The molecule has 0 bridgehead atoms. The molecular weight excluding hydrogens is 312 g/mol. The number of nitro benzene ring substituents is 1. The van der Waals surface area contributed by atoms with Crippen molar-refractivity contribution in [3.8, 4) is 0 Å². The molecule has 1 rings (SSSR count). The highest BCUT2D eigenvalue weighted by Gasteiger charge is 2.28. The molecule has 0 heterocycles. The number of aryl methyl sites for hydroxylation is 1. The lowest BCUT2D eigenvalue weighted by Crippen LogP contribution is -2.36. The highest BCUT2D eigenvalue weighted by Crippen LogP contribution is 2.24. The second-order valence-electron chi connectivity index (χ2n) is 4.62. The average molecular weight is 330 g/mol. The van der Waals surface area contributed by atoms with Crippen LogP contribution in [0.1, 0.15) is 18.9 Å². The van der Waals surface area contributed by atoms with Crippen molar-refractivity contribution in [2.45, 2.75) is 25.2 Å². The number of nitrogens with zero attached hydrogens (tertiary/aromatic N) is 2. The number of rotatable bonds is 7. The molecule has 9 heteroatoms. The van der Waals surface area contributed by atoms with E-state index in [1.807, 2.05) is 0 Å². The van der Waals surface area contributed by atoms with Crippen LogP contribution in [0.4, 0.5) is 5.69 Å². The van der Waals surface area contributed by atoms with E-state index in [0.29, 0.717) is 12.0 Å². The lowest BCUT2D eigenvalue weighted by molar-refractivity contribution is -0.385. The predicted molar refractivity (Wildman–Crippen MR) is 78.9 cm³/mol. The van der Waals surface area contributed by atoms with Gasteiger partial charge in [0, 0.05) is 18.2 Å². The molecule has 0 saturated heterocycles. The van der Waals surface area contributed by atoms with Crippen LogP contribution < -0.4 is 0 Å². The van der Waals surface area contributed by atoms with E-state index >= 15 is 0 Å². The number of hydrogen-bond donors (Lipinski definition) is 0. The first-order valence-electron chi connectivity index (χ1n) is 6.56. The summed E-state index contributed by atoms with van der Waals surface area (Å²) in [5.74, 6) is -0.696. The van der Waals surface area contributed by atoms with Crippen molar-refractivity contribution >= 4 is 21.7 Å². The van der Waals surface area contributed by atoms with Crippen molar-refractivity contribution in [3.63, 3.8) is 0 Å². The number of ether oxygens (including phenoxy) is 1. The molecule has 0 aliphatic carbocycles. The van der Waals surface area contributed by atoms with Crippen molar-refractivity contribution < 1.29 is 22.9 Å². The molecule has 0 aliphatic rings. The molecule has 0 atom stereocenters. The second-order valence-corrected chi connectivity index (χ2v) is 6.56. The number of nitro groups is 1. The highest BCUT2D eigenvalue weighted by atomic mass is 32.2. The van der Waals surface area contributed by atoms with Gasteiger partial charge in [-0.2, -0.15) is 4.31 Å². The smallest absolute Gasteiger partial charge is 0.321 e. The van der Waals surface area contributed by atoms with E-state index in [9.17, 15) is 23.3 Å². The summed E-state index contributed by atoms with van der Waals surface area (Å²) in [7, 11) is -2.85. The van der Waals surface area contributed by atoms with Gasteiger partial charge in [-0.05, 0) is 19.4 Å². The molecule has 0 radical (unpaired) electrons. The normalized spacial score (nSPS) is 11.5. The summed E-state index contributed by atoms with van der Waals surface area (Å²) in [6.07, 6.45) is 0.490. The van der Waals surface area contributed by atoms with Gasteiger partial charge in [0.25, 0.3) is 5.69 Å². The summed E-state index contributed by atoms with van der Waals surface area (Å²) < 4.78 is 30.5. The topological polar surface area (TPSA) is 107 Å². The van der Waals surface area contributed by atoms with Gasteiger partial charge in [-0.25, -0.2) is 8.42 Å². The van der Waals surface area contributed by atoms with E-state index in [-0.39, 0.29) is 17.1 Å². The number of esters is 1. The summed E-state index contributed by atoms with van der Waals surface area (Å²) >= 11 is 0. The molecule has 0 saturated carbocycles. The minimum Gasteiger partial charge on any atom is -0.468 e.